The third-order valence-corrected chi connectivity index (χ3v) is 5.94. The first-order valence-corrected chi connectivity index (χ1v) is 9.77. The summed E-state index contributed by atoms with van der Waals surface area (Å²) in [6.07, 6.45) is 6.92. The van der Waals surface area contributed by atoms with Crippen LogP contribution in [0.15, 0.2) is 17.6 Å². The van der Waals surface area contributed by atoms with Gasteiger partial charge in [0.25, 0.3) is 0 Å². The fourth-order valence-corrected chi connectivity index (χ4v) is 4.74. The van der Waals surface area contributed by atoms with Crippen LogP contribution in [0.1, 0.15) is 42.6 Å². The van der Waals surface area contributed by atoms with Crippen LogP contribution < -0.4 is 10.6 Å². The number of amides is 1. The van der Waals surface area contributed by atoms with Crippen LogP contribution in [0.25, 0.3) is 11.3 Å². The summed E-state index contributed by atoms with van der Waals surface area (Å²) in [7, 11) is 1.34. The highest BCUT2D eigenvalue weighted by Gasteiger charge is 2.34. The number of ether oxygens (including phenoxy) is 1. The van der Waals surface area contributed by atoms with Gasteiger partial charge in [0.05, 0.1) is 12.8 Å². The minimum atomic E-state index is -0.420. The molecule has 138 valence electrons. The summed E-state index contributed by atoms with van der Waals surface area (Å²) in [5.74, 6) is 0.0675. The first kappa shape index (κ1) is 17.2. The normalized spacial score (nSPS) is 24.4. The fraction of sp³-hybridized carbons (Fsp3) is 0.500. The van der Waals surface area contributed by atoms with Crippen LogP contribution in [0, 0.1) is 5.92 Å². The van der Waals surface area contributed by atoms with Crippen molar-refractivity contribution in [3.8, 4) is 11.3 Å². The number of H-pyrrole nitrogens is 1. The minimum Gasteiger partial charge on any atom is -0.464 e. The van der Waals surface area contributed by atoms with Gasteiger partial charge in [0.2, 0.25) is 5.91 Å². The summed E-state index contributed by atoms with van der Waals surface area (Å²) in [5.41, 5.74) is 1.88. The number of aromatic amines is 1. The van der Waals surface area contributed by atoms with Gasteiger partial charge in [-0.3, -0.25) is 4.79 Å². The smallest absolute Gasteiger partial charge is 0.354 e. The quantitative estimate of drug-likeness (QED) is 0.700. The average molecular weight is 374 g/mol. The molecule has 0 aliphatic carbocycles. The molecule has 2 aromatic rings. The number of aromatic nitrogens is 2. The molecule has 8 heteroatoms. The molecule has 2 bridgehead atoms. The van der Waals surface area contributed by atoms with Crippen LogP contribution in [0.5, 0.6) is 0 Å². The van der Waals surface area contributed by atoms with Crippen molar-refractivity contribution in [2.45, 2.75) is 44.2 Å². The molecule has 1 amide bonds. The van der Waals surface area contributed by atoms with Gasteiger partial charge >= 0.3 is 5.97 Å². The van der Waals surface area contributed by atoms with E-state index in [1.807, 2.05) is 5.38 Å². The number of nitrogens with zero attached hydrogens (tertiary/aromatic N) is 1. The maximum atomic E-state index is 12.4. The Labute approximate surface area is 155 Å². The van der Waals surface area contributed by atoms with Gasteiger partial charge in [-0.25, -0.2) is 9.78 Å². The summed E-state index contributed by atoms with van der Waals surface area (Å²) >= 11 is 1.39. The molecule has 0 spiro atoms. The highest BCUT2D eigenvalue weighted by Crippen LogP contribution is 2.33. The Hall–Kier alpha value is -2.19. The maximum Gasteiger partial charge on any atom is 0.354 e. The first-order chi connectivity index (χ1) is 12.6. The Balaban J connectivity index is 1.35. The molecular formula is C18H22N4O3S. The van der Waals surface area contributed by atoms with Gasteiger partial charge in [0.15, 0.2) is 5.13 Å². The SMILES string of the molecule is COC(=O)c1cc(-c2csc(NC(=O)CC3CC4CCC(C3)N4)n2)c[nH]1. The van der Waals surface area contributed by atoms with E-state index in [1.165, 1.54) is 31.3 Å². The van der Waals surface area contributed by atoms with Crippen molar-refractivity contribution < 1.29 is 14.3 Å². The molecule has 2 aliphatic rings. The van der Waals surface area contributed by atoms with Crippen LogP contribution in [-0.4, -0.2) is 41.0 Å². The number of carbonyl (C=O) groups excluding carboxylic acids is 2. The average Bonchev–Trinajstić information content (AvgIpc) is 3.34. The minimum absolute atomic E-state index is 0.0292. The van der Waals surface area contributed by atoms with E-state index >= 15 is 0 Å². The lowest BCUT2D eigenvalue weighted by atomic mass is 9.89. The zero-order chi connectivity index (χ0) is 18.1. The topological polar surface area (TPSA) is 96.1 Å². The Morgan fingerprint density at radius 2 is 2.12 bits per heavy atom. The van der Waals surface area contributed by atoms with E-state index in [0.29, 0.717) is 35.2 Å². The zero-order valence-corrected chi connectivity index (χ0v) is 15.4. The molecule has 2 fully saturated rings. The second kappa shape index (κ2) is 7.20. The summed E-state index contributed by atoms with van der Waals surface area (Å²) in [6, 6.07) is 2.88. The van der Waals surface area contributed by atoms with Crippen molar-refractivity contribution in [3.05, 3.63) is 23.3 Å². The van der Waals surface area contributed by atoms with Gasteiger partial charge in [-0.05, 0) is 37.7 Å². The molecule has 3 N–H and O–H groups in total. The zero-order valence-electron chi connectivity index (χ0n) is 14.6. The van der Waals surface area contributed by atoms with Gasteiger partial charge in [-0.1, -0.05) is 0 Å². The number of methoxy groups -OCH3 is 1. The predicted molar refractivity (Wildman–Crippen MR) is 99.2 cm³/mol. The summed E-state index contributed by atoms with van der Waals surface area (Å²) in [6.45, 7) is 0. The predicted octanol–water partition coefficient (Wildman–Crippen LogP) is 2.78. The largest absolute Gasteiger partial charge is 0.464 e. The van der Waals surface area contributed by atoms with E-state index in [1.54, 1.807) is 12.3 Å². The van der Waals surface area contributed by atoms with E-state index in [2.05, 4.69) is 25.3 Å². The number of esters is 1. The number of piperidine rings is 1. The maximum absolute atomic E-state index is 12.4. The molecular weight excluding hydrogens is 352 g/mol. The fourth-order valence-electron chi connectivity index (χ4n) is 4.01. The molecule has 0 aromatic carbocycles. The molecule has 2 unspecified atom stereocenters. The van der Waals surface area contributed by atoms with Gasteiger partial charge in [-0.15, -0.1) is 11.3 Å². The molecule has 2 aromatic heterocycles. The Morgan fingerprint density at radius 1 is 1.35 bits per heavy atom. The standard InChI is InChI=1S/C18H22N4O3S/c1-25-17(24)14-7-11(8-19-14)15-9-26-18(21-15)22-16(23)6-10-4-12-2-3-13(5-10)20-12/h7-10,12-13,19-20H,2-6H2,1H3,(H,21,22,23). The lowest BCUT2D eigenvalue weighted by molar-refractivity contribution is -0.117. The van der Waals surface area contributed by atoms with Crippen LogP contribution in [0.3, 0.4) is 0 Å². The second-order valence-corrected chi connectivity index (χ2v) is 7.92. The van der Waals surface area contributed by atoms with E-state index in [9.17, 15) is 9.59 Å². The van der Waals surface area contributed by atoms with E-state index in [0.717, 1.165) is 24.1 Å². The Kier molecular flexibility index (Phi) is 4.78. The van der Waals surface area contributed by atoms with Crippen LogP contribution in [0.4, 0.5) is 5.13 Å². The van der Waals surface area contributed by atoms with E-state index in [4.69, 9.17) is 0 Å². The number of hydrogen-bond acceptors (Lipinski definition) is 6. The van der Waals surface area contributed by atoms with Gasteiger partial charge in [0, 0.05) is 35.6 Å². The first-order valence-electron chi connectivity index (χ1n) is 8.89. The molecule has 7 nitrogen and oxygen atoms in total. The van der Waals surface area contributed by atoms with Crippen molar-refractivity contribution in [2.75, 3.05) is 12.4 Å². The monoisotopic (exact) mass is 374 g/mol. The van der Waals surface area contributed by atoms with Crippen molar-refractivity contribution in [1.82, 2.24) is 15.3 Å². The van der Waals surface area contributed by atoms with E-state index < -0.39 is 5.97 Å². The molecule has 4 rings (SSSR count). The second-order valence-electron chi connectivity index (χ2n) is 7.06. The molecule has 26 heavy (non-hydrogen) atoms. The molecule has 2 atom stereocenters. The molecule has 4 heterocycles. The van der Waals surface area contributed by atoms with Crippen molar-refractivity contribution >= 4 is 28.3 Å². The molecule has 0 radical (unpaired) electrons. The lowest BCUT2D eigenvalue weighted by Crippen LogP contribution is -2.39. The van der Waals surface area contributed by atoms with Gasteiger partial charge in [0.1, 0.15) is 5.69 Å². The van der Waals surface area contributed by atoms with Crippen LogP contribution >= 0.6 is 11.3 Å². The molecule has 2 saturated heterocycles. The summed E-state index contributed by atoms with van der Waals surface area (Å²) in [4.78, 5) is 31.2. The molecule has 0 saturated carbocycles. The Morgan fingerprint density at radius 3 is 2.85 bits per heavy atom. The van der Waals surface area contributed by atoms with Crippen molar-refractivity contribution in [2.24, 2.45) is 5.92 Å². The van der Waals surface area contributed by atoms with E-state index in [-0.39, 0.29) is 5.91 Å². The van der Waals surface area contributed by atoms with Gasteiger partial charge < -0.3 is 20.4 Å². The Bertz CT molecular complexity index is 803. The van der Waals surface area contributed by atoms with Crippen molar-refractivity contribution in [3.63, 3.8) is 0 Å². The number of carbonyl (C=O) groups is 2. The van der Waals surface area contributed by atoms with Gasteiger partial charge in [-0.2, -0.15) is 0 Å². The number of fused-ring (bicyclic) bond motifs is 2. The molecule has 2 aliphatic heterocycles. The third-order valence-electron chi connectivity index (χ3n) is 5.18. The summed E-state index contributed by atoms with van der Waals surface area (Å²) in [5, 5.41) is 8.97. The number of thiazole rings is 1. The number of hydrogen-bond donors (Lipinski definition) is 3. The van der Waals surface area contributed by atoms with Crippen LogP contribution in [-0.2, 0) is 9.53 Å². The highest BCUT2D eigenvalue weighted by atomic mass is 32.1. The highest BCUT2D eigenvalue weighted by molar-refractivity contribution is 7.14. The lowest BCUT2D eigenvalue weighted by Gasteiger charge is -2.28. The third kappa shape index (κ3) is 3.66. The summed E-state index contributed by atoms with van der Waals surface area (Å²) < 4.78 is 4.69. The number of anilines is 1. The number of nitrogens with one attached hydrogen (secondary N) is 3. The van der Waals surface area contributed by atoms with Crippen LogP contribution in [0.2, 0.25) is 0 Å². The number of rotatable bonds is 5. The van der Waals surface area contributed by atoms with Crippen molar-refractivity contribution in [1.29, 1.82) is 0 Å².